The average molecular weight is 296 g/mol. The van der Waals surface area contributed by atoms with Crippen molar-refractivity contribution in [1.29, 1.82) is 0 Å². The summed E-state index contributed by atoms with van der Waals surface area (Å²) in [5, 5.41) is 2.93. The molecule has 120 valence electrons. The van der Waals surface area contributed by atoms with Crippen LogP contribution in [0.5, 0.6) is 0 Å². The van der Waals surface area contributed by atoms with E-state index in [1.807, 2.05) is 18.7 Å². The molecule has 2 rings (SSSR count). The highest BCUT2D eigenvalue weighted by Gasteiger charge is 2.45. The van der Waals surface area contributed by atoms with Crippen molar-refractivity contribution < 1.29 is 14.3 Å². The Morgan fingerprint density at radius 3 is 2.52 bits per heavy atom. The van der Waals surface area contributed by atoms with Crippen molar-refractivity contribution in [2.24, 2.45) is 11.8 Å². The first kappa shape index (κ1) is 16.3. The van der Waals surface area contributed by atoms with Gasteiger partial charge in [-0.15, -0.1) is 0 Å². The van der Waals surface area contributed by atoms with Crippen molar-refractivity contribution in [2.75, 3.05) is 13.2 Å². The van der Waals surface area contributed by atoms with Gasteiger partial charge in [0.25, 0.3) is 0 Å². The molecule has 0 aliphatic carbocycles. The minimum Gasteiger partial charge on any atom is -0.379 e. The number of nitrogens with zero attached hydrogens (tertiary/aromatic N) is 1. The largest absolute Gasteiger partial charge is 0.379 e. The Balaban J connectivity index is 2.23. The zero-order valence-electron chi connectivity index (χ0n) is 13.6. The molecule has 3 unspecified atom stereocenters. The van der Waals surface area contributed by atoms with Gasteiger partial charge in [-0.05, 0) is 31.1 Å². The lowest BCUT2D eigenvalue weighted by Crippen LogP contribution is -2.68. The predicted molar refractivity (Wildman–Crippen MR) is 80.7 cm³/mol. The number of carbonyl (C=O) groups excluding carboxylic acids is 2. The van der Waals surface area contributed by atoms with E-state index in [4.69, 9.17) is 4.74 Å². The topological polar surface area (TPSA) is 58.6 Å². The first-order valence-corrected chi connectivity index (χ1v) is 8.12. The van der Waals surface area contributed by atoms with Gasteiger partial charge in [-0.3, -0.25) is 9.59 Å². The highest BCUT2D eigenvalue weighted by Crippen LogP contribution is 2.26. The lowest BCUT2D eigenvalue weighted by Gasteiger charge is -2.46. The number of hydrogen-bond donors (Lipinski definition) is 1. The van der Waals surface area contributed by atoms with Crippen LogP contribution in [-0.2, 0) is 14.3 Å². The molecule has 2 saturated heterocycles. The number of amides is 2. The van der Waals surface area contributed by atoms with Gasteiger partial charge >= 0.3 is 0 Å². The van der Waals surface area contributed by atoms with Crippen LogP contribution in [0.2, 0.25) is 0 Å². The summed E-state index contributed by atoms with van der Waals surface area (Å²) >= 11 is 0. The van der Waals surface area contributed by atoms with E-state index in [1.165, 1.54) is 0 Å². The molecule has 0 aromatic carbocycles. The molecule has 2 amide bonds. The van der Waals surface area contributed by atoms with Gasteiger partial charge in [0, 0.05) is 6.61 Å². The monoisotopic (exact) mass is 296 g/mol. The Kier molecular flexibility index (Phi) is 5.25. The average Bonchev–Trinajstić information content (AvgIpc) is 2.42. The van der Waals surface area contributed by atoms with Crippen molar-refractivity contribution in [2.45, 2.75) is 65.1 Å². The molecular weight excluding hydrogens is 268 g/mol. The summed E-state index contributed by atoms with van der Waals surface area (Å²) in [6.07, 6.45) is 2.58. The van der Waals surface area contributed by atoms with Gasteiger partial charge in [0.2, 0.25) is 11.8 Å². The Morgan fingerprint density at radius 1 is 1.29 bits per heavy atom. The molecule has 2 fully saturated rings. The fourth-order valence-corrected chi connectivity index (χ4v) is 3.37. The third kappa shape index (κ3) is 3.57. The molecule has 21 heavy (non-hydrogen) atoms. The molecule has 0 aromatic rings. The van der Waals surface area contributed by atoms with Crippen LogP contribution in [0.25, 0.3) is 0 Å². The van der Waals surface area contributed by atoms with Crippen LogP contribution in [0, 0.1) is 11.8 Å². The SMILES string of the molecule is CC(C)CC1NC(=O)C(C(C)C)N(C2CCCOC2)C1=O. The third-order valence-electron chi connectivity index (χ3n) is 4.31. The standard InChI is InChI=1S/C16H28N2O3/c1-10(2)8-13-16(20)18(12-6-5-7-21-9-12)14(11(3)4)15(19)17-13/h10-14H,5-9H2,1-4H3,(H,17,19). The van der Waals surface area contributed by atoms with Crippen LogP contribution < -0.4 is 5.32 Å². The minimum absolute atomic E-state index is 0.0131. The van der Waals surface area contributed by atoms with Crippen molar-refractivity contribution in [1.82, 2.24) is 10.2 Å². The molecule has 0 spiro atoms. The molecule has 5 nitrogen and oxygen atoms in total. The first-order chi connectivity index (χ1) is 9.91. The second-order valence-corrected chi connectivity index (χ2v) is 7.00. The van der Waals surface area contributed by atoms with Gasteiger partial charge in [-0.25, -0.2) is 0 Å². The Hall–Kier alpha value is -1.10. The summed E-state index contributed by atoms with van der Waals surface area (Å²) in [5.74, 6) is 0.536. The van der Waals surface area contributed by atoms with E-state index in [0.717, 1.165) is 19.4 Å². The maximum absolute atomic E-state index is 12.9. The van der Waals surface area contributed by atoms with Crippen molar-refractivity contribution in [3.05, 3.63) is 0 Å². The van der Waals surface area contributed by atoms with E-state index in [0.29, 0.717) is 18.9 Å². The summed E-state index contributed by atoms with van der Waals surface area (Å²) in [6.45, 7) is 9.45. The maximum Gasteiger partial charge on any atom is 0.246 e. The number of ether oxygens (including phenoxy) is 1. The van der Waals surface area contributed by atoms with E-state index in [1.54, 1.807) is 0 Å². The summed E-state index contributed by atoms with van der Waals surface area (Å²) in [6, 6.07) is -0.707. The number of piperazine rings is 1. The lowest BCUT2D eigenvalue weighted by atomic mass is 9.91. The first-order valence-electron chi connectivity index (χ1n) is 8.12. The number of carbonyl (C=O) groups is 2. The normalized spacial score (nSPS) is 31.0. The van der Waals surface area contributed by atoms with Crippen LogP contribution in [-0.4, -0.2) is 48.1 Å². The lowest BCUT2D eigenvalue weighted by molar-refractivity contribution is -0.158. The van der Waals surface area contributed by atoms with Gasteiger partial charge in [-0.2, -0.15) is 0 Å². The highest BCUT2D eigenvalue weighted by atomic mass is 16.5. The quantitative estimate of drug-likeness (QED) is 0.856. The zero-order valence-corrected chi connectivity index (χ0v) is 13.6. The van der Waals surface area contributed by atoms with E-state index in [2.05, 4.69) is 19.2 Å². The molecule has 0 saturated carbocycles. The maximum atomic E-state index is 12.9. The minimum atomic E-state index is -0.380. The van der Waals surface area contributed by atoms with E-state index in [9.17, 15) is 9.59 Å². The third-order valence-corrected chi connectivity index (χ3v) is 4.31. The number of hydrogen-bond acceptors (Lipinski definition) is 3. The number of rotatable bonds is 4. The van der Waals surface area contributed by atoms with Crippen LogP contribution in [0.4, 0.5) is 0 Å². The number of nitrogens with one attached hydrogen (secondary N) is 1. The Bertz CT molecular complexity index is 389. The molecule has 2 aliphatic heterocycles. The zero-order chi connectivity index (χ0) is 15.6. The van der Waals surface area contributed by atoms with Crippen molar-refractivity contribution in [3.8, 4) is 0 Å². The van der Waals surface area contributed by atoms with Crippen molar-refractivity contribution in [3.63, 3.8) is 0 Å². The van der Waals surface area contributed by atoms with Crippen LogP contribution in [0.3, 0.4) is 0 Å². The molecule has 1 N–H and O–H groups in total. The predicted octanol–water partition coefficient (Wildman–Crippen LogP) is 1.56. The highest BCUT2D eigenvalue weighted by molar-refractivity contribution is 5.97. The molecule has 0 aromatic heterocycles. The van der Waals surface area contributed by atoms with E-state index >= 15 is 0 Å². The van der Waals surface area contributed by atoms with Gasteiger partial charge in [-0.1, -0.05) is 27.7 Å². The van der Waals surface area contributed by atoms with Crippen molar-refractivity contribution >= 4 is 11.8 Å². The molecule has 3 atom stereocenters. The van der Waals surface area contributed by atoms with Gasteiger partial charge in [0.15, 0.2) is 0 Å². The summed E-state index contributed by atoms with van der Waals surface area (Å²) in [4.78, 5) is 27.2. The Labute approximate surface area is 127 Å². The van der Waals surface area contributed by atoms with Gasteiger partial charge < -0.3 is 15.0 Å². The summed E-state index contributed by atoms with van der Waals surface area (Å²) < 4.78 is 5.54. The van der Waals surface area contributed by atoms with Gasteiger partial charge in [0.05, 0.1) is 12.6 Å². The second kappa shape index (κ2) is 6.77. The molecule has 5 heteroatoms. The van der Waals surface area contributed by atoms with Crippen LogP contribution in [0.15, 0.2) is 0 Å². The molecule has 2 aliphatic rings. The summed E-state index contributed by atoms with van der Waals surface area (Å²) in [5.41, 5.74) is 0. The fourth-order valence-electron chi connectivity index (χ4n) is 3.37. The smallest absolute Gasteiger partial charge is 0.246 e. The van der Waals surface area contributed by atoms with E-state index < -0.39 is 0 Å². The molecule has 0 bridgehead atoms. The van der Waals surface area contributed by atoms with Crippen LogP contribution >= 0.6 is 0 Å². The Morgan fingerprint density at radius 2 is 2.00 bits per heavy atom. The molecular formula is C16H28N2O3. The summed E-state index contributed by atoms with van der Waals surface area (Å²) in [7, 11) is 0. The fraction of sp³-hybridized carbons (Fsp3) is 0.875. The molecule has 0 radical (unpaired) electrons. The van der Waals surface area contributed by atoms with E-state index in [-0.39, 0.29) is 35.9 Å². The van der Waals surface area contributed by atoms with Gasteiger partial charge in [0.1, 0.15) is 12.1 Å². The second-order valence-electron chi connectivity index (χ2n) is 7.00. The molecule has 2 heterocycles. The van der Waals surface area contributed by atoms with Crippen LogP contribution in [0.1, 0.15) is 47.0 Å².